The second-order valence-corrected chi connectivity index (χ2v) is 6.77. The summed E-state index contributed by atoms with van der Waals surface area (Å²) in [5, 5.41) is 3.32. The molecule has 3 unspecified atom stereocenters. The predicted octanol–water partition coefficient (Wildman–Crippen LogP) is 0.942. The van der Waals surface area contributed by atoms with E-state index >= 15 is 0 Å². The van der Waals surface area contributed by atoms with Gasteiger partial charge in [-0.1, -0.05) is 0 Å². The molecule has 0 aromatic carbocycles. The fourth-order valence-electron chi connectivity index (χ4n) is 3.58. The lowest BCUT2D eigenvalue weighted by molar-refractivity contribution is -0.153. The minimum absolute atomic E-state index is 0.0748. The lowest BCUT2D eigenvalue weighted by Gasteiger charge is -2.45. The van der Waals surface area contributed by atoms with Gasteiger partial charge in [-0.3, -0.25) is 9.80 Å². The first-order valence-electron chi connectivity index (χ1n) is 8.25. The Morgan fingerprint density at radius 2 is 1.86 bits per heavy atom. The molecule has 0 spiro atoms. The van der Waals surface area contributed by atoms with Crippen LogP contribution in [0, 0.1) is 5.92 Å². The van der Waals surface area contributed by atoms with E-state index in [1.54, 1.807) is 0 Å². The number of esters is 1. The van der Waals surface area contributed by atoms with E-state index < -0.39 is 5.54 Å². The van der Waals surface area contributed by atoms with Crippen LogP contribution in [0.5, 0.6) is 0 Å². The van der Waals surface area contributed by atoms with Gasteiger partial charge in [0.05, 0.1) is 6.61 Å². The number of hydrogen-bond acceptors (Lipinski definition) is 5. The van der Waals surface area contributed by atoms with Crippen LogP contribution < -0.4 is 5.32 Å². The van der Waals surface area contributed by atoms with Gasteiger partial charge in [0.25, 0.3) is 0 Å². The lowest BCUT2D eigenvalue weighted by Crippen LogP contribution is -2.64. The molecule has 3 atom stereocenters. The van der Waals surface area contributed by atoms with Crippen LogP contribution in [0.2, 0.25) is 0 Å². The smallest absolute Gasteiger partial charge is 0.327 e. The third kappa shape index (κ3) is 3.41. The highest BCUT2D eigenvalue weighted by Gasteiger charge is 2.52. The topological polar surface area (TPSA) is 44.8 Å². The maximum Gasteiger partial charge on any atom is 0.327 e. The molecule has 122 valence electrons. The number of nitrogens with one attached hydrogen (secondary N) is 1. The average Bonchev–Trinajstić information content (AvgIpc) is 3.27. The Labute approximate surface area is 129 Å². The Kier molecular flexibility index (Phi) is 5.28. The van der Waals surface area contributed by atoms with E-state index in [1.165, 1.54) is 0 Å². The molecule has 1 heterocycles. The van der Waals surface area contributed by atoms with Gasteiger partial charge in [-0.15, -0.1) is 0 Å². The second kappa shape index (κ2) is 6.63. The summed E-state index contributed by atoms with van der Waals surface area (Å²) < 4.78 is 5.38. The maximum atomic E-state index is 12.6. The van der Waals surface area contributed by atoms with Crippen molar-refractivity contribution in [3.05, 3.63) is 0 Å². The van der Waals surface area contributed by atoms with Gasteiger partial charge in [0.1, 0.15) is 5.54 Å². The summed E-state index contributed by atoms with van der Waals surface area (Å²) >= 11 is 0. The van der Waals surface area contributed by atoms with E-state index in [0.717, 1.165) is 32.5 Å². The van der Waals surface area contributed by atoms with Crippen LogP contribution in [0.4, 0.5) is 0 Å². The number of ether oxygens (including phenoxy) is 1. The molecule has 1 saturated heterocycles. The zero-order valence-electron chi connectivity index (χ0n) is 14.2. The molecular formula is C16H31N3O2. The normalized spacial score (nSPS) is 30.9. The number of nitrogens with zero attached hydrogens (tertiary/aromatic N) is 2. The Morgan fingerprint density at radius 1 is 1.29 bits per heavy atom. The Bertz CT molecular complexity index is 361. The first-order chi connectivity index (χ1) is 9.94. The summed E-state index contributed by atoms with van der Waals surface area (Å²) in [4.78, 5) is 17.4. The number of carbonyl (C=O) groups is 1. The third-order valence-electron chi connectivity index (χ3n) is 5.27. The van der Waals surface area contributed by atoms with Gasteiger partial charge >= 0.3 is 5.97 Å². The molecule has 5 heteroatoms. The highest BCUT2D eigenvalue weighted by Crippen LogP contribution is 2.41. The van der Waals surface area contributed by atoms with Crippen LogP contribution in [0.15, 0.2) is 0 Å². The summed E-state index contributed by atoms with van der Waals surface area (Å²) in [5.41, 5.74) is -0.522. The summed E-state index contributed by atoms with van der Waals surface area (Å²) in [6.45, 7) is 9.62. The predicted molar refractivity (Wildman–Crippen MR) is 84.3 cm³/mol. The van der Waals surface area contributed by atoms with Gasteiger partial charge in [-0.25, -0.2) is 4.79 Å². The molecule has 21 heavy (non-hydrogen) atoms. The Balaban J connectivity index is 2.10. The van der Waals surface area contributed by atoms with E-state index in [0.29, 0.717) is 24.6 Å². The number of piperazine rings is 1. The zero-order valence-corrected chi connectivity index (χ0v) is 14.2. The number of likely N-dealkylation sites (N-methyl/N-ethyl adjacent to an activating group) is 2. The van der Waals surface area contributed by atoms with Crippen molar-refractivity contribution in [2.45, 2.75) is 51.2 Å². The van der Waals surface area contributed by atoms with Crippen LogP contribution in [-0.2, 0) is 9.53 Å². The molecule has 1 aliphatic carbocycles. The Morgan fingerprint density at radius 3 is 2.29 bits per heavy atom. The average molecular weight is 297 g/mol. The third-order valence-corrected chi connectivity index (χ3v) is 5.27. The first kappa shape index (κ1) is 16.7. The van der Waals surface area contributed by atoms with E-state index in [9.17, 15) is 4.79 Å². The molecule has 0 radical (unpaired) electrons. The van der Waals surface area contributed by atoms with E-state index in [-0.39, 0.29) is 5.97 Å². The van der Waals surface area contributed by atoms with Crippen molar-refractivity contribution in [1.82, 2.24) is 15.1 Å². The molecular weight excluding hydrogens is 266 g/mol. The first-order valence-corrected chi connectivity index (χ1v) is 8.25. The van der Waals surface area contributed by atoms with Crippen molar-refractivity contribution in [3.63, 3.8) is 0 Å². The van der Waals surface area contributed by atoms with E-state index in [2.05, 4.69) is 36.0 Å². The molecule has 1 N–H and O–H groups in total. The second-order valence-electron chi connectivity index (χ2n) is 6.77. The van der Waals surface area contributed by atoms with Gasteiger partial charge in [0.15, 0.2) is 0 Å². The van der Waals surface area contributed by atoms with Crippen molar-refractivity contribution in [3.8, 4) is 0 Å². The summed E-state index contributed by atoms with van der Waals surface area (Å²) in [6, 6.07) is 1.04. The number of rotatable bonds is 6. The number of carbonyl (C=O) groups excluding carboxylic acids is 1. The Hall–Kier alpha value is -0.650. The molecule has 2 aliphatic rings. The summed E-state index contributed by atoms with van der Waals surface area (Å²) in [7, 11) is 4.09. The summed E-state index contributed by atoms with van der Waals surface area (Å²) in [5.74, 6) is 0.348. The van der Waals surface area contributed by atoms with Crippen molar-refractivity contribution in [1.29, 1.82) is 0 Å². The molecule has 0 amide bonds. The van der Waals surface area contributed by atoms with Gasteiger partial charge in [0.2, 0.25) is 0 Å². The van der Waals surface area contributed by atoms with Crippen LogP contribution in [0.25, 0.3) is 0 Å². The molecule has 1 saturated carbocycles. The van der Waals surface area contributed by atoms with Crippen molar-refractivity contribution < 1.29 is 9.53 Å². The molecule has 5 nitrogen and oxygen atoms in total. The molecule has 0 aromatic rings. The quantitative estimate of drug-likeness (QED) is 0.739. The molecule has 0 bridgehead atoms. The summed E-state index contributed by atoms with van der Waals surface area (Å²) in [6.07, 6.45) is 2.25. The van der Waals surface area contributed by atoms with Gasteiger partial charge in [-0.2, -0.15) is 0 Å². The SMILES string of the molecule is CCOC(=O)C(CN1CC(C)N(C)C(C)C1)(NC)C1CC1. The highest BCUT2D eigenvalue weighted by molar-refractivity contribution is 5.82. The minimum Gasteiger partial charge on any atom is -0.465 e. The van der Waals surface area contributed by atoms with Crippen LogP contribution in [0.1, 0.15) is 33.6 Å². The highest BCUT2D eigenvalue weighted by atomic mass is 16.5. The zero-order chi connectivity index (χ0) is 15.6. The van der Waals surface area contributed by atoms with Crippen LogP contribution in [0.3, 0.4) is 0 Å². The number of hydrogen-bond donors (Lipinski definition) is 1. The van der Waals surface area contributed by atoms with Gasteiger partial charge in [0, 0.05) is 31.7 Å². The van der Waals surface area contributed by atoms with E-state index in [1.807, 2.05) is 14.0 Å². The minimum atomic E-state index is -0.522. The largest absolute Gasteiger partial charge is 0.465 e. The van der Waals surface area contributed by atoms with Crippen LogP contribution in [-0.4, -0.2) is 73.7 Å². The van der Waals surface area contributed by atoms with Crippen molar-refractivity contribution in [2.24, 2.45) is 5.92 Å². The van der Waals surface area contributed by atoms with Crippen molar-refractivity contribution in [2.75, 3.05) is 40.3 Å². The van der Waals surface area contributed by atoms with Gasteiger partial charge < -0.3 is 10.1 Å². The maximum absolute atomic E-state index is 12.6. The van der Waals surface area contributed by atoms with Gasteiger partial charge in [-0.05, 0) is 53.6 Å². The van der Waals surface area contributed by atoms with Crippen LogP contribution >= 0.6 is 0 Å². The molecule has 0 aromatic heterocycles. The monoisotopic (exact) mass is 297 g/mol. The lowest BCUT2D eigenvalue weighted by atomic mass is 9.91. The fourth-order valence-corrected chi connectivity index (χ4v) is 3.58. The van der Waals surface area contributed by atoms with E-state index in [4.69, 9.17) is 4.74 Å². The van der Waals surface area contributed by atoms with Crippen molar-refractivity contribution >= 4 is 5.97 Å². The fraction of sp³-hybridized carbons (Fsp3) is 0.938. The molecule has 1 aliphatic heterocycles. The standard InChI is InChI=1S/C16H31N3O2/c1-6-21-15(20)16(17-4,14-7-8-14)11-19-9-12(2)18(5)13(3)10-19/h12-14,17H,6-11H2,1-5H3. The molecule has 2 fully saturated rings. The molecule has 2 rings (SSSR count).